The highest BCUT2D eigenvalue weighted by Crippen LogP contribution is 2.38. The molecule has 0 radical (unpaired) electrons. The van der Waals surface area contributed by atoms with Crippen molar-refractivity contribution in [1.29, 1.82) is 0 Å². The fraction of sp³-hybridized carbons (Fsp3) is 0.300. The van der Waals surface area contributed by atoms with Crippen molar-refractivity contribution in [3.63, 3.8) is 0 Å². The molecule has 0 saturated heterocycles. The molecule has 76 valence electrons. The van der Waals surface area contributed by atoms with Crippen LogP contribution in [-0.4, -0.2) is 15.9 Å². The fourth-order valence-corrected chi connectivity index (χ4v) is 1.87. The summed E-state index contributed by atoms with van der Waals surface area (Å²) in [6.07, 6.45) is 0. The highest BCUT2D eigenvalue weighted by atomic mass is 79.9. The van der Waals surface area contributed by atoms with Gasteiger partial charge in [-0.05, 0) is 12.5 Å². The lowest BCUT2D eigenvalue weighted by Gasteiger charge is -2.25. The van der Waals surface area contributed by atoms with Gasteiger partial charge in [-0.1, -0.05) is 62.2 Å². The topological polar surface area (TPSA) is 37.3 Å². The number of aliphatic carboxylic acids is 1. The number of benzene rings is 1. The summed E-state index contributed by atoms with van der Waals surface area (Å²) in [5.74, 6) is -0.881. The van der Waals surface area contributed by atoms with Gasteiger partial charge in [0.25, 0.3) is 0 Å². The minimum atomic E-state index is -0.881. The van der Waals surface area contributed by atoms with Crippen LogP contribution in [0.15, 0.2) is 30.3 Å². The Hall–Kier alpha value is -0.350. The van der Waals surface area contributed by atoms with Gasteiger partial charge in [-0.15, -0.1) is 0 Å². The molecule has 1 rings (SSSR count). The SMILES string of the molecule is CC(Br)(c1ccccc1)C(Br)C(=O)O. The Bertz CT molecular complexity index is 322. The smallest absolute Gasteiger partial charge is 0.319 e. The summed E-state index contributed by atoms with van der Waals surface area (Å²) in [5.41, 5.74) is 0.935. The molecule has 0 fully saturated rings. The number of hydrogen-bond donors (Lipinski definition) is 1. The van der Waals surface area contributed by atoms with Crippen molar-refractivity contribution in [3.8, 4) is 0 Å². The third kappa shape index (κ3) is 2.36. The normalized spacial score (nSPS) is 17.1. The molecule has 0 bridgehead atoms. The molecule has 2 nitrogen and oxygen atoms in total. The van der Waals surface area contributed by atoms with E-state index in [0.29, 0.717) is 0 Å². The third-order valence-electron chi connectivity index (χ3n) is 2.03. The molecule has 2 unspecified atom stereocenters. The van der Waals surface area contributed by atoms with Crippen LogP contribution in [0.1, 0.15) is 12.5 Å². The molecule has 0 aliphatic rings. The Morgan fingerprint density at radius 2 is 1.93 bits per heavy atom. The van der Waals surface area contributed by atoms with E-state index in [1.807, 2.05) is 37.3 Å². The second-order valence-electron chi connectivity index (χ2n) is 3.14. The van der Waals surface area contributed by atoms with Crippen LogP contribution < -0.4 is 0 Å². The van der Waals surface area contributed by atoms with Crippen molar-refractivity contribution < 1.29 is 9.90 Å². The maximum absolute atomic E-state index is 10.8. The minimum absolute atomic E-state index is 0.597. The molecular weight excluding hydrogens is 312 g/mol. The average molecular weight is 322 g/mol. The standard InChI is InChI=1S/C10H10Br2O2/c1-10(12,8(11)9(13)14)7-5-3-2-4-6-7/h2-6,8H,1H3,(H,13,14). The number of carboxylic acids is 1. The molecule has 0 saturated carbocycles. The Balaban J connectivity index is 3.02. The summed E-state index contributed by atoms with van der Waals surface area (Å²) in [7, 11) is 0. The molecule has 4 heteroatoms. The Morgan fingerprint density at radius 3 is 2.36 bits per heavy atom. The van der Waals surface area contributed by atoms with Crippen molar-refractivity contribution in [2.75, 3.05) is 0 Å². The summed E-state index contributed by atoms with van der Waals surface area (Å²) in [6, 6.07) is 9.46. The molecule has 0 aliphatic heterocycles. The zero-order valence-electron chi connectivity index (χ0n) is 7.58. The first-order chi connectivity index (χ1) is 6.46. The molecule has 0 spiro atoms. The molecule has 1 aromatic carbocycles. The van der Waals surface area contributed by atoms with Gasteiger partial charge in [0.1, 0.15) is 4.83 Å². The lowest BCUT2D eigenvalue weighted by Crippen LogP contribution is -2.32. The predicted molar refractivity (Wildman–Crippen MR) is 63.1 cm³/mol. The van der Waals surface area contributed by atoms with Gasteiger partial charge in [0, 0.05) is 0 Å². The Labute approximate surface area is 99.6 Å². The van der Waals surface area contributed by atoms with Crippen LogP contribution in [0, 0.1) is 0 Å². The summed E-state index contributed by atoms with van der Waals surface area (Å²) >= 11 is 6.58. The zero-order chi connectivity index (χ0) is 10.8. The summed E-state index contributed by atoms with van der Waals surface area (Å²) in [4.78, 5) is 10.2. The minimum Gasteiger partial charge on any atom is -0.480 e. The molecule has 0 aromatic heterocycles. The van der Waals surface area contributed by atoms with Crippen LogP contribution in [-0.2, 0) is 9.12 Å². The van der Waals surface area contributed by atoms with Crippen molar-refractivity contribution in [2.24, 2.45) is 0 Å². The zero-order valence-corrected chi connectivity index (χ0v) is 10.7. The number of halogens is 2. The molecule has 0 aliphatic carbocycles. The van der Waals surface area contributed by atoms with Crippen LogP contribution >= 0.6 is 31.9 Å². The molecule has 14 heavy (non-hydrogen) atoms. The maximum Gasteiger partial charge on any atom is 0.319 e. The second-order valence-corrected chi connectivity index (χ2v) is 5.71. The van der Waals surface area contributed by atoms with Gasteiger partial charge < -0.3 is 5.11 Å². The molecule has 1 aromatic rings. The molecule has 0 amide bonds. The molecule has 2 atom stereocenters. The van der Waals surface area contributed by atoms with Gasteiger partial charge in [-0.3, -0.25) is 4.79 Å². The van der Waals surface area contributed by atoms with Gasteiger partial charge in [0.2, 0.25) is 0 Å². The van der Waals surface area contributed by atoms with Crippen LogP contribution in [0.25, 0.3) is 0 Å². The average Bonchev–Trinajstić information content (AvgIpc) is 2.18. The fourth-order valence-electron chi connectivity index (χ4n) is 1.14. The van der Waals surface area contributed by atoms with Crippen LogP contribution in [0.2, 0.25) is 0 Å². The van der Waals surface area contributed by atoms with E-state index in [9.17, 15) is 4.79 Å². The molecule has 0 heterocycles. The van der Waals surface area contributed by atoms with E-state index in [1.165, 1.54) is 0 Å². The van der Waals surface area contributed by atoms with Gasteiger partial charge in [-0.25, -0.2) is 0 Å². The first-order valence-corrected chi connectivity index (χ1v) is 5.78. The first-order valence-electron chi connectivity index (χ1n) is 4.07. The Morgan fingerprint density at radius 1 is 1.43 bits per heavy atom. The Kier molecular flexibility index (Phi) is 3.72. The van der Waals surface area contributed by atoms with E-state index >= 15 is 0 Å². The van der Waals surface area contributed by atoms with E-state index in [4.69, 9.17) is 5.11 Å². The van der Waals surface area contributed by atoms with Crippen LogP contribution in [0.3, 0.4) is 0 Å². The molecular formula is C10H10Br2O2. The summed E-state index contributed by atoms with van der Waals surface area (Å²) in [5, 5.41) is 8.90. The number of rotatable bonds is 3. The lowest BCUT2D eigenvalue weighted by atomic mass is 9.98. The monoisotopic (exact) mass is 320 g/mol. The van der Waals surface area contributed by atoms with Crippen molar-refractivity contribution >= 4 is 37.8 Å². The highest BCUT2D eigenvalue weighted by molar-refractivity contribution is 9.12. The largest absolute Gasteiger partial charge is 0.480 e. The number of hydrogen-bond acceptors (Lipinski definition) is 1. The molecule has 1 N–H and O–H groups in total. The van der Waals surface area contributed by atoms with E-state index in [2.05, 4.69) is 31.9 Å². The van der Waals surface area contributed by atoms with Gasteiger partial charge in [0.05, 0.1) is 4.32 Å². The van der Waals surface area contributed by atoms with Gasteiger partial charge in [-0.2, -0.15) is 0 Å². The van der Waals surface area contributed by atoms with Gasteiger partial charge >= 0.3 is 5.97 Å². The third-order valence-corrected chi connectivity index (χ3v) is 4.87. The van der Waals surface area contributed by atoms with E-state index < -0.39 is 15.1 Å². The number of carbonyl (C=O) groups is 1. The predicted octanol–water partition coefficient (Wildman–Crippen LogP) is 3.14. The summed E-state index contributed by atoms with van der Waals surface area (Å²) < 4.78 is -0.597. The van der Waals surface area contributed by atoms with E-state index in [-0.39, 0.29) is 0 Å². The van der Waals surface area contributed by atoms with Gasteiger partial charge in [0.15, 0.2) is 0 Å². The highest BCUT2D eigenvalue weighted by Gasteiger charge is 2.36. The number of alkyl halides is 2. The summed E-state index contributed by atoms with van der Waals surface area (Å²) in [6.45, 7) is 1.83. The van der Waals surface area contributed by atoms with Crippen LogP contribution in [0.4, 0.5) is 0 Å². The van der Waals surface area contributed by atoms with E-state index in [1.54, 1.807) is 0 Å². The van der Waals surface area contributed by atoms with Crippen LogP contribution in [0.5, 0.6) is 0 Å². The van der Waals surface area contributed by atoms with Crippen molar-refractivity contribution in [1.82, 2.24) is 0 Å². The van der Waals surface area contributed by atoms with E-state index in [0.717, 1.165) is 5.56 Å². The van der Waals surface area contributed by atoms with Crippen molar-refractivity contribution in [3.05, 3.63) is 35.9 Å². The maximum atomic E-state index is 10.8. The quantitative estimate of drug-likeness (QED) is 0.868. The first kappa shape index (κ1) is 11.7. The number of carboxylic acid groups (broad SMARTS) is 1. The lowest BCUT2D eigenvalue weighted by molar-refractivity contribution is -0.136. The van der Waals surface area contributed by atoms with Crippen molar-refractivity contribution in [2.45, 2.75) is 16.1 Å². The second kappa shape index (κ2) is 4.45.